The molecule has 0 fully saturated rings. The molecule has 0 amide bonds. The van der Waals surface area contributed by atoms with E-state index >= 15 is 0 Å². The van der Waals surface area contributed by atoms with Gasteiger partial charge < -0.3 is 13.6 Å². The van der Waals surface area contributed by atoms with Crippen LogP contribution >= 0.6 is 11.3 Å². The zero-order valence-electron chi connectivity index (χ0n) is 34.1. The molecule has 0 bridgehead atoms. The molecule has 7 heteroatoms. The Morgan fingerprint density at radius 3 is 1.66 bits per heavy atom. The number of fused-ring (bicyclic) bond motifs is 13. The molecule has 0 spiro atoms. The van der Waals surface area contributed by atoms with E-state index in [0.717, 1.165) is 66.6 Å². The smallest absolute Gasteiger partial charge is 0.164 e. The maximum Gasteiger partial charge on any atom is 0.164 e. The average Bonchev–Trinajstić information content (AvgIpc) is 4.11. The van der Waals surface area contributed by atoms with Crippen LogP contribution in [0.1, 0.15) is 0 Å². The number of benzene rings is 9. The number of nitrogens with zero attached hydrogens (tertiary/aromatic N) is 5. The Morgan fingerprint density at radius 2 is 0.906 bits per heavy atom. The van der Waals surface area contributed by atoms with Crippen LogP contribution in [0.3, 0.4) is 0 Å². The fourth-order valence-corrected chi connectivity index (χ4v) is 11.1. The summed E-state index contributed by atoms with van der Waals surface area (Å²) < 4.78 is 14.1. The molecule has 0 unspecified atom stereocenters. The van der Waals surface area contributed by atoms with E-state index in [-0.39, 0.29) is 0 Å². The number of hydrogen-bond acceptors (Lipinski definition) is 5. The second-order valence-corrected chi connectivity index (χ2v) is 17.4. The molecule has 0 N–H and O–H groups in total. The third kappa shape index (κ3) is 5.16. The van der Waals surface area contributed by atoms with Crippen LogP contribution in [-0.2, 0) is 0 Å². The minimum atomic E-state index is 0.567. The van der Waals surface area contributed by atoms with Crippen molar-refractivity contribution in [3.8, 4) is 45.5 Å². The van der Waals surface area contributed by atoms with Crippen LogP contribution in [0.15, 0.2) is 205 Å². The van der Waals surface area contributed by atoms with Crippen LogP contribution in [0.5, 0.6) is 0 Å². The zero-order chi connectivity index (χ0) is 41.9. The largest absolute Gasteiger partial charge is 0.456 e. The third-order valence-corrected chi connectivity index (χ3v) is 13.9. The lowest BCUT2D eigenvalue weighted by atomic mass is 10.0. The van der Waals surface area contributed by atoms with Crippen LogP contribution in [-0.4, -0.2) is 24.1 Å². The molecule has 64 heavy (non-hydrogen) atoms. The first-order valence-corrected chi connectivity index (χ1v) is 22.3. The van der Waals surface area contributed by atoms with Crippen molar-refractivity contribution in [1.82, 2.24) is 24.1 Å². The van der Waals surface area contributed by atoms with Crippen molar-refractivity contribution in [3.63, 3.8) is 0 Å². The average molecular weight is 836 g/mol. The fraction of sp³-hybridized carbons (Fsp3) is 0. The van der Waals surface area contributed by atoms with Crippen LogP contribution < -0.4 is 0 Å². The van der Waals surface area contributed by atoms with E-state index in [9.17, 15) is 0 Å². The Bertz CT molecular complexity index is 4200. The third-order valence-electron chi connectivity index (χ3n) is 12.7. The van der Waals surface area contributed by atoms with E-state index in [4.69, 9.17) is 19.4 Å². The van der Waals surface area contributed by atoms with Gasteiger partial charge in [0, 0.05) is 69.5 Å². The van der Waals surface area contributed by atoms with Crippen LogP contribution in [0.4, 0.5) is 0 Å². The first-order valence-electron chi connectivity index (χ1n) is 21.4. The number of para-hydroxylation sites is 4. The first kappa shape index (κ1) is 35.2. The SMILES string of the molecule is c1ccc(-c2nc(-c3cc(-n4c5ccccc5c5c6c7ccccc7n(-c7ccccc7)c6ccc54)c4c(c3)oc3ccccc34)nc(-c3ccc4sc5ccccc5c4c3)n2)cc1. The van der Waals surface area contributed by atoms with Crippen molar-refractivity contribution in [2.24, 2.45) is 0 Å². The van der Waals surface area contributed by atoms with Gasteiger partial charge in [-0.1, -0.05) is 121 Å². The Hall–Kier alpha value is -8.39. The van der Waals surface area contributed by atoms with Gasteiger partial charge in [0.2, 0.25) is 0 Å². The lowest BCUT2D eigenvalue weighted by molar-refractivity contribution is 0.669. The van der Waals surface area contributed by atoms with Gasteiger partial charge >= 0.3 is 0 Å². The quantitative estimate of drug-likeness (QED) is 0.173. The molecule has 9 aromatic carbocycles. The predicted molar refractivity (Wildman–Crippen MR) is 265 cm³/mol. The number of rotatable bonds is 5. The minimum Gasteiger partial charge on any atom is -0.456 e. The second kappa shape index (κ2) is 13.6. The standard InChI is InChI=1S/C57H33N5OS/c1-3-15-34(16-4-1)55-58-56(35-27-30-51-42(31-35)38-19-10-14-26-50(38)64-51)60-57(59-55)36-32-47(52-41-22-9-13-25-48(41)63-49(52)33-36)62-44-24-12-8-21-40(44)54-46(62)29-28-45-53(54)39-20-7-11-23-43(39)61(45)37-17-5-2-6-18-37/h1-33H. The summed E-state index contributed by atoms with van der Waals surface area (Å²) in [6.07, 6.45) is 0. The van der Waals surface area contributed by atoms with Gasteiger partial charge in [0.05, 0.1) is 33.1 Å². The lowest BCUT2D eigenvalue weighted by Crippen LogP contribution is -2.01. The van der Waals surface area contributed by atoms with Gasteiger partial charge in [0.25, 0.3) is 0 Å². The molecule has 0 saturated carbocycles. The predicted octanol–water partition coefficient (Wildman–Crippen LogP) is 15.3. The molecular formula is C57H33N5OS. The van der Waals surface area contributed by atoms with Gasteiger partial charge in [-0.05, 0) is 78.9 Å². The molecule has 5 heterocycles. The van der Waals surface area contributed by atoms with Crippen molar-refractivity contribution in [2.75, 3.05) is 0 Å². The highest BCUT2D eigenvalue weighted by Gasteiger charge is 2.24. The Labute approximate surface area is 369 Å². The van der Waals surface area contributed by atoms with E-state index in [1.807, 2.05) is 30.3 Å². The lowest BCUT2D eigenvalue weighted by Gasteiger charge is -2.13. The molecule has 0 atom stereocenters. The molecule has 0 aliphatic rings. The van der Waals surface area contributed by atoms with E-state index in [2.05, 4.69) is 179 Å². The summed E-state index contributed by atoms with van der Waals surface area (Å²) in [7, 11) is 0. The van der Waals surface area contributed by atoms with Crippen LogP contribution in [0, 0.1) is 0 Å². The molecule has 6 nitrogen and oxygen atoms in total. The fourth-order valence-electron chi connectivity index (χ4n) is 9.99. The van der Waals surface area contributed by atoms with Gasteiger partial charge in [0.1, 0.15) is 11.2 Å². The van der Waals surface area contributed by atoms with Crippen molar-refractivity contribution >= 4 is 97.1 Å². The van der Waals surface area contributed by atoms with E-state index in [1.54, 1.807) is 11.3 Å². The van der Waals surface area contributed by atoms with Crippen LogP contribution in [0.25, 0.3) is 131 Å². The topological polar surface area (TPSA) is 61.7 Å². The second-order valence-electron chi connectivity index (χ2n) is 16.3. The van der Waals surface area contributed by atoms with Gasteiger partial charge in [-0.15, -0.1) is 11.3 Å². The first-order chi connectivity index (χ1) is 31.7. The van der Waals surface area contributed by atoms with Crippen LogP contribution in [0.2, 0.25) is 0 Å². The molecule has 5 aromatic heterocycles. The summed E-state index contributed by atoms with van der Waals surface area (Å²) in [6, 6.07) is 70.7. The Morgan fingerprint density at radius 1 is 0.344 bits per heavy atom. The monoisotopic (exact) mass is 835 g/mol. The minimum absolute atomic E-state index is 0.567. The maximum absolute atomic E-state index is 6.78. The summed E-state index contributed by atoms with van der Waals surface area (Å²) in [6.45, 7) is 0. The molecule has 0 saturated heterocycles. The summed E-state index contributed by atoms with van der Waals surface area (Å²) in [5, 5.41) is 9.31. The highest BCUT2D eigenvalue weighted by Crippen LogP contribution is 2.45. The molecule has 14 rings (SSSR count). The number of hydrogen-bond donors (Lipinski definition) is 0. The van der Waals surface area contributed by atoms with Crippen molar-refractivity contribution in [1.29, 1.82) is 0 Å². The molecule has 0 aliphatic heterocycles. The summed E-state index contributed by atoms with van der Waals surface area (Å²) >= 11 is 1.80. The Kier molecular flexibility index (Phi) is 7.46. The molecule has 298 valence electrons. The van der Waals surface area contributed by atoms with Crippen molar-refractivity contribution in [2.45, 2.75) is 0 Å². The van der Waals surface area contributed by atoms with Gasteiger partial charge in [-0.2, -0.15) is 0 Å². The normalized spacial score (nSPS) is 12.1. The van der Waals surface area contributed by atoms with E-state index in [0.29, 0.717) is 17.5 Å². The summed E-state index contributed by atoms with van der Waals surface area (Å²) in [4.78, 5) is 15.7. The van der Waals surface area contributed by atoms with Gasteiger partial charge in [-0.3, -0.25) is 0 Å². The van der Waals surface area contributed by atoms with Gasteiger partial charge in [-0.25, -0.2) is 15.0 Å². The summed E-state index contributed by atoms with van der Waals surface area (Å²) in [5.41, 5.74) is 10.9. The van der Waals surface area contributed by atoms with Crippen molar-refractivity contribution < 1.29 is 4.42 Å². The molecular weight excluding hydrogens is 803 g/mol. The molecule has 0 aliphatic carbocycles. The number of furan rings is 1. The number of aromatic nitrogens is 5. The maximum atomic E-state index is 6.78. The highest BCUT2D eigenvalue weighted by molar-refractivity contribution is 7.25. The molecule has 14 aromatic rings. The number of thiophene rings is 1. The molecule has 0 radical (unpaired) electrons. The highest BCUT2D eigenvalue weighted by atomic mass is 32.1. The van der Waals surface area contributed by atoms with E-state index < -0.39 is 0 Å². The Balaban J connectivity index is 1.07. The van der Waals surface area contributed by atoms with Gasteiger partial charge in [0.15, 0.2) is 17.5 Å². The van der Waals surface area contributed by atoms with E-state index in [1.165, 1.54) is 47.2 Å². The summed E-state index contributed by atoms with van der Waals surface area (Å²) in [5.74, 6) is 1.79. The zero-order valence-corrected chi connectivity index (χ0v) is 34.9. The van der Waals surface area contributed by atoms with Crippen molar-refractivity contribution in [3.05, 3.63) is 200 Å².